The van der Waals surface area contributed by atoms with Crippen molar-refractivity contribution in [2.24, 2.45) is 4.99 Å². The van der Waals surface area contributed by atoms with Gasteiger partial charge in [-0.1, -0.05) is 18.2 Å². The Labute approximate surface area is 152 Å². The average Bonchev–Trinajstić information content (AvgIpc) is 3.03. The molecule has 1 atom stereocenters. The SMILES string of the molecule is CCNC(=NCc1ccccc1F)NC1CCc2nc(COC)nn2C1. The van der Waals surface area contributed by atoms with Crippen molar-refractivity contribution in [3.63, 3.8) is 0 Å². The zero-order valence-electron chi connectivity index (χ0n) is 15.2. The molecular formula is C18H25FN6O. The average molecular weight is 360 g/mol. The van der Waals surface area contributed by atoms with Gasteiger partial charge in [-0.3, -0.25) is 0 Å². The van der Waals surface area contributed by atoms with Crippen LogP contribution in [0.5, 0.6) is 0 Å². The molecule has 0 aliphatic carbocycles. The number of benzene rings is 1. The number of hydrogen-bond acceptors (Lipinski definition) is 4. The number of aliphatic imine (C=N–C) groups is 1. The van der Waals surface area contributed by atoms with Crippen molar-refractivity contribution >= 4 is 5.96 Å². The second kappa shape index (κ2) is 8.75. The number of hydrogen-bond donors (Lipinski definition) is 2. The molecule has 1 unspecified atom stereocenters. The molecule has 8 heteroatoms. The molecular weight excluding hydrogens is 335 g/mol. The zero-order chi connectivity index (χ0) is 18.4. The minimum absolute atomic E-state index is 0.193. The number of aromatic nitrogens is 3. The molecule has 0 fully saturated rings. The number of fused-ring (bicyclic) bond motifs is 1. The molecule has 2 aromatic rings. The molecule has 1 aliphatic heterocycles. The van der Waals surface area contributed by atoms with Crippen LogP contribution in [0, 0.1) is 5.82 Å². The van der Waals surface area contributed by atoms with E-state index in [4.69, 9.17) is 4.74 Å². The van der Waals surface area contributed by atoms with E-state index < -0.39 is 0 Å². The number of methoxy groups -OCH3 is 1. The molecule has 0 saturated heterocycles. The molecule has 1 aromatic heterocycles. The zero-order valence-corrected chi connectivity index (χ0v) is 15.2. The topological polar surface area (TPSA) is 76.4 Å². The van der Waals surface area contributed by atoms with E-state index in [0.717, 1.165) is 31.8 Å². The normalized spacial score (nSPS) is 17.0. The van der Waals surface area contributed by atoms with Crippen LogP contribution in [0.15, 0.2) is 29.3 Å². The number of rotatable bonds is 6. The standard InChI is InChI=1S/C18H25FN6O/c1-3-20-18(21-10-13-6-4-5-7-15(13)19)22-14-8-9-17-23-16(12-26-2)24-25(17)11-14/h4-7,14H,3,8-12H2,1-2H3,(H2,20,21,22). The Hall–Kier alpha value is -2.48. The van der Waals surface area contributed by atoms with Crippen LogP contribution < -0.4 is 10.6 Å². The number of halogens is 1. The van der Waals surface area contributed by atoms with Crippen molar-refractivity contribution in [1.82, 2.24) is 25.4 Å². The number of ether oxygens (including phenoxy) is 1. The highest BCUT2D eigenvalue weighted by atomic mass is 19.1. The molecule has 7 nitrogen and oxygen atoms in total. The van der Waals surface area contributed by atoms with Crippen molar-refractivity contribution in [3.05, 3.63) is 47.3 Å². The van der Waals surface area contributed by atoms with E-state index in [0.29, 0.717) is 30.5 Å². The molecule has 26 heavy (non-hydrogen) atoms. The summed E-state index contributed by atoms with van der Waals surface area (Å²) in [7, 11) is 1.64. The highest BCUT2D eigenvalue weighted by Gasteiger charge is 2.22. The van der Waals surface area contributed by atoms with Crippen LogP contribution in [0.2, 0.25) is 0 Å². The van der Waals surface area contributed by atoms with E-state index in [1.54, 1.807) is 19.2 Å². The minimum Gasteiger partial charge on any atom is -0.377 e. The Balaban J connectivity index is 1.64. The lowest BCUT2D eigenvalue weighted by molar-refractivity contribution is 0.177. The summed E-state index contributed by atoms with van der Waals surface area (Å²) in [6.07, 6.45) is 1.79. The Bertz CT molecular complexity index is 760. The van der Waals surface area contributed by atoms with Gasteiger partial charge in [-0.05, 0) is 19.4 Å². The Kier molecular flexibility index (Phi) is 6.17. The first kappa shape index (κ1) is 18.3. The van der Waals surface area contributed by atoms with E-state index in [2.05, 4.69) is 25.7 Å². The van der Waals surface area contributed by atoms with Crippen molar-refractivity contribution in [2.45, 2.75) is 45.5 Å². The number of nitrogens with zero attached hydrogens (tertiary/aromatic N) is 4. The van der Waals surface area contributed by atoms with Gasteiger partial charge < -0.3 is 15.4 Å². The summed E-state index contributed by atoms with van der Waals surface area (Å²) >= 11 is 0. The second-order valence-corrected chi connectivity index (χ2v) is 6.23. The van der Waals surface area contributed by atoms with E-state index in [-0.39, 0.29) is 11.9 Å². The molecule has 0 saturated carbocycles. The van der Waals surface area contributed by atoms with Gasteiger partial charge in [0.1, 0.15) is 18.2 Å². The summed E-state index contributed by atoms with van der Waals surface area (Å²) in [5.41, 5.74) is 0.580. The summed E-state index contributed by atoms with van der Waals surface area (Å²) < 4.78 is 20.8. The van der Waals surface area contributed by atoms with Crippen LogP contribution in [0.4, 0.5) is 4.39 Å². The summed E-state index contributed by atoms with van der Waals surface area (Å²) in [6, 6.07) is 6.90. The molecule has 2 heterocycles. The van der Waals surface area contributed by atoms with E-state index in [9.17, 15) is 4.39 Å². The largest absolute Gasteiger partial charge is 0.377 e. The highest BCUT2D eigenvalue weighted by molar-refractivity contribution is 5.80. The Morgan fingerprint density at radius 2 is 2.27 bits per heavy atom. The third kappa shape index (κ3) is 4.57. The molecule has 140 valence electrons. The lowest BCUT2D eigenvalue weighted by Crippen LogP contribution is -2.47. The smallest absolute Gasteiger partial charge is 0.191 e. The third-order valence-electron chi connectivity index (χ3n) is 4.23. The van der Waals surface area contributed by atoms with Gasteiger partial charge in [0.15, 0.2) is 11.8 Å². The van der Waals surface area contributed by atoms with Crippen LogP contribution >= 0.6 is 0 Å². The van der Waals surface area contributed by atoms with E-state index in [1.807, 2.05) is 17.7 Å². The Morgan fingerprint density at radius 3 is 3.04 bits per heavy atom. The van der Waals surface area contributed by atoms with Crippen LogP contribution in [0.1, 0.15) is 30.6 Å². The Morgan fingerprint density at radius 1 is 1.42 bits per heavy atom. The van der Waals surface area contributed by atoms with Crippen molar-refractivity contribution in [1.29, 1.82) is 0 Å². The maximum absolute atomic E-state index is 13.8. The molecule has 0 spiro atoms. The highest BCUT2D eigenvalue weighted by Crippen LogP contribution is 2.14. The quantitative estimate of drug-likeness (QED) is 0.605. The monoisotopic (exact) mass is 360 g/mol. The van der Waals surface area contributed by atoms with Gasteiger partial charge in [0.05, 0.1) is 13.1 Å². The summed E-state index contributed by atoms with van der Waals surface area (Å²) in [5.74, 6) is 2.15. The first-order chi connectivity index (χ1) is 12.7. The van der Waals surface area contributed by atoms with Crippen LogP contribution in [-0.4, -0.2) is 40.4 Å². The van der Waals surface area contributed by atoms with E-state index in [1.165, 1.54) is 6.07 Å². The first-order valence-electron chi connectivity index (χ1n) is 8.89. The predicted molar refractivity (Wildman–Crippen MR) is 97.2 cm³/mol. The fourth-order valence-electron chi connectivity index (χ4n) is 2.97. The third-order valence-corrected chi connectivity index (χ3v) is 4.23. The molecule has 1 aliphatic rings. The maximum Gasteiger partial charge on any atom is 0.191 e. The molecule has 1 aromatic carbocycles. The molecule has 0 radical (unpaired) electrons. The fourth-order valence-corrected chi connectivity index (χ4v) is 2.97. The fraction of sp³-hybridized carbons (Fsp3) is 0.500. The summed E-state index contributed by atoms with van der Waals surface area (Å²) in [4.78, 5) is 9.01. The first-order valence-corrected chi connectivity index (χ1v) is 8.89. The second-order valence-electron chi connectivity index (χ2n) is 6.23. The summed E-state index contributed by atoms with van der Waals surface area (Å²) in [5, 5.41) is 11.1. The van der Waals surface area contributed by atoms with Gasteiger partial charge >= 0.3 is 0 Å². The van der Waals surface area contributed by atoms with Crippen LogP contribution in [0.25, 0.3) is 0 Å². The predicted octanol–water partition coefficient (Wildman–Crippen LogP) is 1.63. The van der Waals surface area contributed by atoms with Crippen LogP contribution in [0.3, 0.4) is 0 Å². The van der Waals surface area contributed by atoms with Gasteiger partial charge in [0.25, 0.3) is 0 Å². The van der Waals surface area contributed by atoms with Gasteiger partial charge in [-0.15, -0.1) is 0 Å². The van der Waals surface area contributed by atoms with Gasteiger partial charge in [-0.25, -0.2) is 19.0 Å². The molecule has 3 rings (SSSR count). The van der Waals surface area contributed by atoms with Crippen molar-refractivity contribution in [3.8, 4) is 0 Å². The van der Waals surface area contributed by atoms with Gasteiger partial charge in [-0.2, -0.15) is 5.10 Å². The molecule has 2 N–H and O–H groups in total. The lowest BCUT2D eigenvalue weighted by Gasteiger charge is -2.25. The minimum atomic E-state index is -0.234. The van der Waals surface area contributed by atoms with Crippen molar-refractivity contribution in [2.75, 3.05) is 13.7 Å². The lowest BCUT2D eigenvalue weighted by atomic mass is 10.1. The van der Waals surface area contributed by atoms with E-state index >= 15 is 0 Å². The van der Waals surface area contributed by atoms with Crippen LogP contribution in [-0.2, 0) is 30.9 Å². The summed E-state index contributed by atoms with van der Waals surface area (Å²) in [6.45, 7) is 4.18. The molecule has 0 bridgehead atoms. The number of aryl methyl sites for hydroxylation is 1. The molecule has 0 amide bonds. The van der Waals surface area contributed by atoms with Gasteiger partial charge in [0.2, 0.25) is 0 Å². The maximum atomic E-state index is 13.8. The number of guanidine groups is 1. The van der Waals surface area contributed by atoms with Gasteiger partial charge in [0, 0.05) is 31.7 Å². The number of nitrogens with one attached hydrogen (secondary N) is 2. The van der Waals surface area contributed by atoms with Crippen molar-refractivity contribution < 1.29 is 9.13 Å².